The average molecular weight is 219 g/mol. The minimum absolute atomic E-state index is 0.146. The molecule has 0 aromatic heterocycles. The van der Waals surface area contributed by atoms with Gasteiger partial charge in [0.05, 0.1) is 6.10 Å². The highest BCUT2D eigenvalue weighted by Gasteiger charge is 2.33. The number of hydrogen-bond donors (Lipinski definition) is 1. The van der Waals surface area contributed by atoms with E-state index in [0.717, 1.165) is 19.4 Å². The lowest BCUT2D eigenvalue weighted by Crippen LogP contribution is -2.52. The summed E-state index contributed by atoms with van der Waals surface area (Å²) in [7, 11) is 0. The van der Waals surface area contributed by atoms with Crippen LogP contribution in [0.3, 0.4) is 0 Å². The quantitative estimate of drug-likeness (QED) is 0.785. The Morgan fingerprint density at radius 2 is 2.12 bits per heavy atom. The number of aryl methyl sites for hydroxylation is 1. The highest BCUT2D eigenvalue weighted by Crippen LogP contribution is 2.32. The first-order chi connectivity index (χ1) is 7.49. The Bertz CT molecular complexity index is 373. The summed E-state index contributed by atoms with van der Waals surface area (Å²) in [6.45, 7) is 7.36. The Morgan fingerprint density at radius 3 is 2.81 bits per heavy atom. The van der Waals surface area contributed by atoms with Crippen molar-refractivity contribution in [3.8, 4) is 0 Å². The molecule has 1 saturated heterocycles. The maximum Gasteiger partial charge on any atom is 0.0716 e. The second-order valence-corrected chi connectivity index (χ2v) is 5.45. The maximum atomic E-state index is 9.80. The lowest BCUT2D eigenvalue weighted by atomic mass is 9.88. The van der Waals surface area contributed by atoms with Gasteiger partial charge >= 0.3 is 0 Å². The predicted molar refractivity (Wildman–Crippen MR) is 67.8 cm³/mol. The zero-order valence-corrected chi connectivity index (χ0v) is 10.4. The number of benzene rings is 1. The predicted octanol–water partition coefficient (Wildman–Crippen LogP) is 2.73. The summed E-state index contributed by atoms with van der Waals surface area (Å²) in [5.41, 5.74) is 2.64. The van der Waals surface area contributed by atoms with E-state index >= 15 is 0 Å². The fraction of sp³-hybridized carbons (Fsp3) is 0.571. The second-order valence-electron chi connectivity index (χ2n) is 5.45. The summed E-state index contributed by atoms with van der Waals surface area (Å²) in [6, 6.07) is 8.52. The summed E-state index contributed by atoms with van der Waals surface area (Å²) in [5.74, 6) is 0. The van der Waals surface area contributed by atoms with Crippen molar-refractivity contribution < 1.29 is 5.11 Å². The highest BCUT2D eigenvalue weighted by molar-refractivity contribution is 5.51. The van der Waals surface area contributed by atoms with Crippen LogP contribution in [-0.2, 0) is 0 Å². The molecule has 2 nitrogen and oxygen atoms in total. The number of piperidine rings is 1. The van der Waals surface area contributed by atoms with Gasteiger partial charge in [-0.3, -0.25) is 0 Å². The Morgan fingerprint density at radius 1 is 1.38 bits per heavy atom. The molecule has 2 heteroatoms. The molecule has 0 bridgehead atoms. The SMILES string of the molecule is Cc1cccc(N2CC(O)CCC2(C)C)c1. The first-order valence-electron chi connectivity index (χ1n) is 6.01. The van der Waals surface area contributed by atoms with Crippen LogP contribution in [0.2, 0.25) is 0 Å². The van der Waals surface area contributed by atoms with Gasteiger partial charge in [-0.05, 0) is 51.3 Å². The largest absolute Gasteiger partial charge is 0.391 e. The molecule has 1 aromatic rings. The lowest BCUT2D eigenvalue weighted by molar-refractivity contribution is 0.126. The summed E-state index contributed by atoms with van der Waals surface area (Å²) in [4.78, 5) is 2.33. The van der Waals surface area contributed by atoms with E-state index in [1.165, 1.54) is 11.3 Å². The van der Waals surface area contributed by atoms with Gasteiger partial charge < -0.3 is 10.0 Å². The van der Waals surface area contributed by atoms with Gasteiger partial charge in [0.2, 0.25) is 0 Å². The maximum absolute atomic E-state index is 9.80. The van der Waals surface area contributed by atoms with Crippen molar-refractivity contribution in [3.05, 3.63) is 29.8 Å². The number of aliphatic hydroxyl groups is 1. The summed E-state index contributed by atoms with van der Waals surface area (Å²) < 4.78 is 0. The Balaban J connectivity index is 2.30. The fourth-order valence-corrected chi connectivity index (χ4v) is 2.45. The standard InChI is InChI=1S/C14H21NO/c1-11-5-4-6-12(9-11)15-10-13(16)7-8-14(15,2)3/h4-6,9,13,16H,7-8,10H2,1-3H3. The van der Waals surface area contributed by atoms with Crippen molar-refractivity contribution in [2.45, 2.75) is 45.3 Å². The van der Waals surface area contributed by atoms with E-state index in [-0.39, 0.29) is 11.6 Å². The molecule has 1 atom stereocenters. The van der Waals surface area contributed by atoms with Gasteiger partial charge in [0.1, 0.15) is 0 Å². The monoisotopic (exact) mass is 219 g/mol. The summed E-state index contributed by atoms with van der Waals surface area (Å²) in [5, 5.41) is 9.80. The Kier molecular flexibility index (Phi) is 2.94. The van der Waals surface area contributed by atoms with Gasteiger partial charge in [-0.25, -0.2) is 0 Å². The molecular weight excluding hydrogens is 198 g/mol. The minimum Gasteiger partial charge on any atom is -0.391 e. The topological polar surface area (TPSA) is 23.5 Å². The molecule has 1 unspecified atom stereocenters. The smallest absolute Gasteiger partial charge is 0.0716 e. The van der Waals surface area contributed by atoms with Crippen molar-refractivity contribution in [2.75, 3.05) is 11.4 Å². The van der Waals surface area contributed by atoms with Crippen LogP contribution < -0.4 is 4.90 Å². The number of rotatable bonds is 1. The van der Waals surface area contributed by atoms with E-state index in [1.807, 2.05) is 0 Å². The van der Waals surface area contributed by atoms with E-state index in [1.54, 1.807) is 0 Å². The number of nitrogens with zero attached hydrogens (tertiary/aromatic N) is 1. The summed E-state index contributed by atoms with van der Waals surface area (Å²) >= 11 is 0. The number of hydrogen-bond acceptors (Lipinski definition) is 2. The van der Waals surface area contributed by atoms with Gasteiger partial charge in [0.15, 0.2) is 0 Å². The van der Waals surface area contributed by atoms with Crippen LogP contribution >= 0.6 is 0 Å². The molecule has 1 aromatic carbocycles. The van der Waals surface area contributed by atoms with Crippen LogP contribution in [0.15, 0.2) is 24.3 Å². The first-order valence-corrected chi connectivity index (χ1v) is 6.01. The van der Waals surface area contributed by atoms with Crippen LogP contribution in [0.1, 0.15) is 32.3 Å². The molecule has 2 rings (SSSR count). The third-order valence-electron chi connectivity index (χ3n) is 3.53. The molecule has 1 aliphatic heterocycles. The van der Waals surface area contributed by atoms with Gasteiger partial charge in [-0.15, -0.1) is 0 Å². The van der Waals surface area contributed by atoms with Gasteiger partial charge in [0, 0.05) is 17.8 Å². The fourth-order valence-electron chi connectivity index (χ4n) is 2.45. The summed E-state index contributed by atoms with van der Waals surface area (Å²) in [6.07, 6.45) is 1.77. The molecule has 1 fully saturated rings. The van der Waals surface area contributed by atoms with Crippen molar-refractivity contribution in [2.24, 2.45) is 0 Å². The van der Waals surface area contributed by atoms with Gasteiger partial charge in [0.25, 0.3) is 0 Å². The van der Waals surface area contributed by atoms with Gasteiger partial charge in [-0.2, -0.15) is 0 Å². The zero-order valence-electron chi connectivity index (χ0n) is 10.4. The molecule has 16 heavy (non-hydrogen) atoms. The van der Waals surface area contributed by atoms with Crippen molar-refractivity contribution in [1.29, 1.82) is 0 Å². The van der Waals surface area contributed by atoms with Crippen molar-refractivity contribution in [1.82, 2.24) is 0 Å². The molecule has 88 valence electrons. The van der Waals surface area contributed by atoms with Crippen molar-refractivity contribution in [3.63, 3.8) is 0 Å². The van der Waals surface area contributed by atoms with E-state index < -0.39 is 0 Å². The van der Waals surface area contributed by atoms with Gasteiger partial charge in [-0.1, -0.05) is 12.1 Å². The Hall–Kier alpha value is -1.02. The van der Waals surface area contributed by atoms with Crippen LogP contribution in [0.4, 0.5) is 5.69 Å². The first kappa shape index (κ1) is 11.5. The van der Waals surface area contributed by atoms with Crippen LogP contribution in [0, 0.1) is 6.92 Å². The average Bonchev–Trinajstić information content (AvgIpc) is 2.22. The third-order valence-corrected chi connectivity index (χ3v) is 3.53. The minimum atomic E-state index is -0.187. The van der Waals surface area contributed by atoms with Crippen LogP contribution in [-0.4, -0.2) is 23.3 Å². The molecule has 0 saturated carbocycles. The molecule has 1 N–H and O–H groups in total. The molecule has 0 aliphatic carbocycles. The van der Waals surface area contributed by atoms with Crippen LogP contribution in [0.5, 0.6) is 0 Å². The zero-order chi connectivity index (χ0) is 11.8. The molecule has 1 aliphatic rings. The molecule has 0 radical (unpaired) electrons. The normalized spacial score (nSPS) is 24.5. The van der Waals surface area contributed by atoms with E-state index in [4.69, 9.17) is 0 Å². The second kappa shape index (κ2) is 4.10. The number of aliphatic hydroxyl groups excluding tert-OH is 1. The highest BCUT2D eigenvalue weighted by atomic mass is 16.3. The van der Waals surface area contributed by atoms with Crippen molar-refractivity contribution >= 4 is 5.69 Å². The Labute approximate surface area is 97.9 Å². The lowest BCUT2D eigenvalue weighted by Gasteiger charge is -2.46. The number of anilines is 1. The third kappa shape index (κ3) is 2.22. The van der Waals surface area contributed by atoms with E-state index in [2.05, 4.69) is 49.9 Å². The molecule has 0 spiro atoms. The van der Waals surface area contributed by atoms with Crippen LogP contribution in [0.25, 0.3) is 0 Å². The molecule has 1 heterocycles. The number of β-amino-alcohol motifs (C(OH)–C–C–N with tert-alkyl or cyclic N) is 1. The molecule has 0 amide bonds. The van der Waals surface area contributed by atoms with E-state index in [0.29, 0.717) is 0 Å². The van der Waals surface area contributed by atoms with E-state index in [9.17, 15) is 5.11 Å². The molecular formula is C14H21NO.